The van der Waals surface area contributed by atoms with Gasteiger partial charge in [-0.05, 0) is 55.1 Å². The Morgan fingerprint density at radius 1 is 1.17 bits per heavy atom. The molecule has 0 saturated carbocycles. The van der Waals surface area contributed by atoms with Gasteiger partial charge in [0.25, 0.3) is 0 Å². The van der Waals surface area contributed by atoms with Crippen LogP contribution < -0.4 is 5.32 Å². The van der Waals surface area contributed by atoms with Gasteiger partial charge < -0.3 is 5.32 Å². The zero-order valence-electron chi connectivity index (χ0n) is 10.4. The molecule has 2 aromatic carbocycles. The van der Waals surface area contributed by atoms with Gasteiger partial charge >= 0.3 is 0 Å². The first-order valence-corrected chi connectivity index (χ1v) is 6.87. The Bertz CT molecular complexity index is 600. The smallest absolute Gasteiger partial charge is 0.0991 e. The lowest BCUT2D eigenvalue weighted by atomic mass is 10.1. The third kappa shape index (κ3) is 2.85. The molecule has 0 aliphatic heterocycles. The minimum Gasteiger partial charge on any atom is -0.355 e. The molecule has 0 aliphatic rings. The zero-order valence-corrected chi connectivity index (χ0v) is 11.2. The normalized spacial score (nSPS) is 9.83. The quantitative estimate of drug-likeness (QED) is 0.828. The Morgan fingerprint density at radius 3 is 2.67 bits per heavy atom. The van der Waals surface area contributed by atoms with Crippen LogP contribution in [-0.4, -0.2) is 6.26 Å². The van der Waals surface area contributed by atoms with Crippen LogP contribution in [0.2, 0.25) is 0 Å². The maximum absolute atomic E-state index is 8.84. The number of anilines is 2. The molecule has 0 radical (unpaired) electrons. The highest BCUT2D eigenvalue weighted by Crippen LogP contribution is 2.24. The molecule has 2 nitrogen and oxygen atoms in total. The van der Waals surface area contributed by atoms with Crippen LogP contribution in [0.5, 0.6) is 0 Å². The van der Waals surface area contributed by atoms with Gasteiger partial charge in [0.2, 0.25) is 0 Å². The molecule has 0 fully saturated rings. The molecule has 0 aliphatic carbocycles. The number of rotatable bonds is 3. The van der Waals surface area contributed by atoms with E-state index in [1.165, 1.54) is 4.90 Å². The molecule has 0 bridgehead atoms. The Labute approximate surface area is 112 Å². The number of nitriles is 1. The van der Waals surface area contributed by atoms with Crippen molar-refractivity contribution < 1.29 is 0 Å². The SMILES string of the molecule is CSc1cccc(Nc2ccc(C#N)cc2C)c1. The Kier molecular flexibility index (Phi) is 3.91. The van der Waals surface area contributed by atoms with E-state index in [1.54, 1.807) is 11.8 Å². The maximum Gasteiger partial charge on any atom is 0.0991 e. The largest absolute Gasteiger partial charge is 0.355 e. The van der Waals surface area contributed by atoms with Crippen LogP contribution in [0.15, 0.2) is 47.4 Å². The number of benzene rings is 2. The summed E-state index contributed by atoms with van der Waals surface area (Å²) in [5.41, 5.74) is 3.86. The molecule has 90 valence electrons. The van der Waals surface area contributed by atoms with E-state index in [2.05, 4.69) is 29.8 Å². The number of thioether (sulfide) groups is 1. The number of nitrogens with one attached hydrogen (secondary N) is 1. The van der Waals surface area contributed by atoms with Crippen molar-refractivity contribution >= 4 is 23.1 Å². The lowest BCUT2D eigenvalue weighted by molar-refractivity contribution is 1.38. The molecule has 0 heterocycles. The summed E-state index contributed by atoms with van der Waals surface area (Å²) >= 11 is 1.72. The molecule has 3 heteroatoms. The fourth-order valence-electron chi connectivity index (χ4n) is 1.73. The van der Waals surface area contributed by atoms with Gasteiger partial charge in [-0.1, -0.05) is 6.07 Å². The Balaban J connectivity index is 2.26. The highest BCUT2D eigenvalue weighted by Gasteiger charge is 2.01. The summed E-state index contributed by atoms with van der Waals surface area (Å²) in [5, 5.41) is 12.2. The topological polar surface area (TPSA) is 35.8 Å². The standard InChI is InChI=1S/C15H14N2S/c1-11-8-12(10-16)6-7-15(11)17-13-4-3-5-14(9-13)18-2/h3-9,17H,1-2H3. The predicted octanol–water partition coefficient (Wildman–Crippen LogP) is 4.33. The molecule has 0 amide bonds. The van der Waals surface area contributed by atoms with Crippen molar-refractivity contribution in [2.45, 2.75) is 11.8 Å². The third-order valence-corrected chi connectivity index (χ3v) is 3.43. The summed E-state index contributed by atoms with van der Waals surface area (Å²) in [5.74, 6) is 0. The van der Waals surface area contributed by atoms with E-state index < -0.39 is 0 Å². The molecule has 0 atom stereocenters. The van der Waals surface area contributed by atoms with Crippen molar-refractivity contribution in [3.8, 4) is 6.07 Å². The van der Waals surface area contributed by atoms with E-state index in [1.807, 2.05) is 37.3 Å². The van der Waals surface area contributed by atoms with Crippen molar-refractivity contribution in [2.75, 3.05) is 11.6 Å². The molecule has 0 unspecified atom stereocenters. The molecule has 1 N–H and O–H groups in total. The number of hydrogen-bond acceptors (Lipinski definition) is 3. The minimum absolute atomic E-state index is 0.691. The second-order valence-corrected chi connectivity index (χ2v) is 4.88. The first-order valence-electron chi connectivity index (χ1n) is 5.65. The van der Waals surface area contributed by atoms with Crippen molar-refractivity contribution in [1.82, 2.24) is 0 Å². The maximum atomic E-state index is 8.84. The van der Waals surface area contributed by atoms with E-state index in [0.717, 1.165) is 16.9 Å². The van der Waals surface area contributed by atoms with Gasteiger partial charge in [0, 0.05) is 16.3 Å². The number of nitrogens with zero attached hydrogens (tertiary/aromatic N) is 1. The van der Waals surface area contributed by atoms with Crippen LogP contribution in [-0.2, 0) is 0 Å². The van der Waals surface area contributed by atoms with Crippen LogP contribution >= 0.6 is 11.8 Å². The molecular weight excluding hydrogens is 240 g/mol. The van der Waals surface area contributed by atoms with Gasteiger partial charge in [0.1, 0.15) is 0 Å². The van der Waals surface area contributed by atoms with Crippen LogP contribution in [0, 0.1) is 18.3 Å². The molecule has 0 saturated heterocycles. The van der Waals surface area contributed by atoms with Crippen molar-refractivity contribution in [2.24, 2.45) is 0 Å². The minimum atomic E-state index is 0.691. The van der Waals surface area contributed by atoms with Crippen LogP contribution in [0.25, 0.3) is 0 Å². The van der Waals surface area contributed by atoms with Gasteiger partial charge in [-0.25, -0.2) is 0 Å². The summed E-state index contributed by atoms with van der Waals surface area (Å²) in [6, 6.07) is 16.1. The molecule has 18 heavy (non-hydrogen) atoms. The number of hydrogen-bond donors (Lipinski definition) is 1. The Morgan fingerprint density at radius 2 is 2.00 bits per heavy atom. The fourth-order valence-corrected chi connectivity index (χ4v) is 2.19. The fraction of sp³-hybridized carbons (Fsp3) is 0.133. The van der Waals surface area contributed by atoms with Crippen molar-refractivity contribution in [3.05, 3.63) is 53.6 Å². The van der Waals surface area contributed by atoms with E-state index in [9.17, 15) is 0 Å². The summed E-state index contributed by atoms with van der Waals surface area (Å²) in [7, 11) is 0. The molecule has 2 aromatic rings. The molecule has 0 aromatic heterocycles. The van der Waals surface area contributed by atoms with E-state index in [0.29, 0.717) is 5.56 Å². The van der Waals surface area contributed by atoms with Gasteiger partial charge in [-0.2, -0.15) is 5.26 Å². The van der Waals surface area contributed by atoms with Crippen LogP contribution in [0.3, 0.4) is 0 Å². The van der Waals surface area contributed by atoms with Gasteiger partial charge in [0.15, 0.2) is 0 Å². The second kappa shape index (κ2) is 5.61. The Hall–Kier alpha value is -1.92. The lowest BCUT2D eigenvalue weighted by Gasteiger charge is -2.10. The first kappa shape index (κ1) is 12.5. The zero-order chi connectivity index (χ0) is 13.0. The highest BCUT2D eigenvalue weighted by molar-refractivity contribution is 7.98. The summed E-state index contributed by atoms with van der Waals surface area (Å²) in [6.07, 6.45) is 2.06. The van der Waals surface area contributed by atoms with Gasteiger partial charge in [0.05, 0.1) is 11.6 Å². The molecule has 2 rings (SSSR count). The van der Waals surface area contributed by atoms with Gasteiger partial charge in [-0.3, -0.25) is 0 Å². The van der Waals surface area contributed by atoms with Crippen molar-refractivity contribution in [1.29, 1.82) is 5.26 Å². The molecular formula is C15H14N2S. The highest BCUT2D eigenvalue weighted by atomic mass is 32.2. The number of aryl methyl sites for hydroxylation is 1. The summed E-state index contributed by atoms with van der Waals surface area (Å²) < 4.78 is 0. The average Bonchev–Trinajstić information content (AvgIpc) is 2.41. The lowest BCUT2D eigenvalue weighted by Crippen LogP contribution is -1.93. The second-order valence-electron chi connectivity index (χ2n) is 4.00. The average molecular weight is 254 g/mol. The predicted molar refractivity (Wildman–Crippen MR) is 77.4 cm³/mol. The van der Waals surface area contributed by atoms with E-state index in [4.69, 9.17) is 5.26 Å². The third-order valence-electron chi connectivity index (χ3n) is 2.70. The van der Waals surface area contributed by atoms with Crippen molar-refractivity contribution in [3.63, 3.8) is 0 Å². The van der Waals surface area contributed by atoms with Gasteiger partial charge in [-0.15, -0.1) is 11.8 Å². The summed E-state index contributed by atoms with van der Waals surface area (Å²) in [4.78, 5) is 1.23. The van der Waals surface area contributed by atoms with E-state index in [-0.39, 0.29) is 0 Å². The van der Waals surface area contributed by atoms with Crippen LogP contribution in [0.1, 0.15) is 11.1 Å². The monoisotopic (exact) mass is 254 g/mol. The van der Waals surface area contributed by atoms with Crippen LogP contribution in [0.4, 0.5) is 11.4 Å². The van der Waals surface area contributed by atoms with E-state index >= 15 is 0 Å². The molecule has 0 spiro atoms. The first-order chi connectivity index (χ1) is 8.72. The summed E-state index contributed by atoms with van der Waals surface area (Å²) in [6.45, 7) is 2.00.